The molecule has 0 radical (unpaired) electrons. The maximum atomic E-state index is 12.3. The van der Waals surface area contributed by atoms with Gasteiger partial charge in [0.15, 0.2) is 9.84 Å². The average Bonchev–Trinajstić information content (AvgIpc) is 2.90. The number of ether oxygens (including phenoxy) is 2. The number of carbonyl (C=O) groups excluding carboxylic acids is 1. The van der Waals surface area contributed by atoms with Crippen LogP contribution < -0.4 is 19.5 Å². The first-order valence-corrected chi connectivity index (χ1v) is 10.7. The molecular weight excluding hydrogens is 372 g/mol. The predicted molar refractivity (Wildman–Crippen MR) is 89.9 cm³/mol. The molecule has 0 aliphatic carbocycles. The van der Waals surface area contributed by atoms with E-state index in [0.717, 1.165) is 0 Å². The van der Waals surface area contributed by atoms with Gasteiger partial charge in [-0.05, 0) is 18.6 Å². The Bertz CT molecular complexity index is 850. The monoisotopic (exact) mass is 392 g/mol. The Morgan fingerprint density at radius 2 is 2.00 bits per heavy atom. The summed E-state index contributed by atoms with van der Waals surface area (Å²) in [4.78, 5) is 11.7. The van der Waals surface area contributed by atoms with Gasteiger partial charge in [-0.3, -0.25) is 4.79 Å². The zero-order valence-electron chi connectivity index (χ0n) is 13.8. The second-order valence-electron chi connectivity index (χ2n) is 5.51. The van der Waals surface area contributed by atoms with Gasteiger partial charge >= 0.3 is 0 Å². The number of hydrogen-bond acceptors (Lipinski definition) is 7. The predicted octanol–water partition coefficient (Wildman–Crippen LogP) is -0.715. The summed E-state index contributed by atoms with van der Waals surface area (Å²) in [5.74, 6) is -0.201. The van der Waals surface area contributed by atoms with E-state index in [9.17, 15) is 21.6 Å². The van der Waals surface area contributed by atoms with Gasteiger partial charge in [-0.25, -0.2) is 21.6 Å². The van der Waals surface area contributed by atoms with Crippen LogP contribution in [0.15, 0.2) is 23.1 Å². The molecule has 1 atom stereocenters. The lowest BCUT2D eigenvalue weighted by Gasteiger charge is -2.13. The van der Waals surface area contributed by atoms with Crippen molar-refractivity contribution in [2.45, 2.75) is 17.4 Å². The Balaban J connectivity index is 2.01. The number of sulfone groups is 1. The smallest absolute Gasteiger partial charge is 0.244 e. The summed E-state index contributed by atoms with van der Waals surface area (Å²) in [6.45, 7) is -0.506. The maximum Gasteiger partial charge on any atom is 0.244 e. The number of amides is 1. The standard InChI is InChI=1S/C14H20N2O7S2/c1-22-11-3-4-13(12(7-11)23-2)25(20,21)15-8-14(17)16-10-5-6-24(18,19)9-10/h3-4,7,10,15H,5-6,8-9H2,1-2H3,(H,16,17). The lowest BCUT2D eigenvalue weighted by atomic mass is 10.2. The topological polar surface area (TPSA) is 128 Å². The molecule has 2 N–H and O–H groups in total. The SMILES string of the molecule is COc1ccc(S(=O)(=O)NCC(=O)NC2CCS(=O)(=O)C2)c(OC)c1. The van der Waals surface area contributed by atoms with Gasteiger partial charge in [0.2, 0.25) is 15.9 Å². The van der Waals surface area contributed by atoms with Crippen LogP contribution in [0, 0.1) is 0 Å². The maximum absolute atomic E-state index is 12.3. The van der Waals surface area contributed by atoms with Gasteiger partial charge in [-0.1, -0.05) is 0 Å². The fraction of sp³-hybridized carbons (Fsp3) is 0.500. The summed E-state index contributed by atoms with van der Waals surface area (Å²) < 4.78 is 59.6. The average molecular weight is 392 g/mol. The molecule has 11 heteroatoms. The molecule has 1 saturated heterocycles. The van der Waals surface area contributed by atoms with E-state index >= 15 is 0 Å². The van der Waals surface area contributed by atoms with Crippen LogP contribution in [-0.4, -0.2) is 61.1 Å². The second kappa shape index (κ2) is 7.58. The molecule has 1 unspecified atom stereocenters. The van der Waals surface area contributed by atoms with Crippen molar-refractivity contribution >= 4 is 25.8 Å². The van der Waals surface area contributed by atoms with Gasteiger partial charge in [-0.15, -0.1) is 0 Å². The molecule has 25 heavy (non-hydrogen) atoms. The summed E-state index contributed by atoms with van der Waals surface area (Å²) in [6.07, 6.45) is 0.327. The molecule has 1 aliphatic rings. The van der Waals surface area contributed by atoms with Crippen LogP contribution in [-0.2, 0) is 24.7 Å². The first-order valence-electron chi connectivity index (χ1n) is 7.38. The lowest BCUT2D eigenvalue weighted by Crippen LogP contribution is -2.42. The van der Waals surface area contributed by atoms with E-state index in [1.165, 1.54) is 32.4 Å². The van der Waals surface area contributed by atoms with Crippen LogP contribution in [0.4, 0.5) is 0 Å². The normalized spacial score (nSPS) is 19.4. The molecule has 1 heterocycles. The molecule has 1 aromatic carbocycles. The minimum Gasteiger partial charge on any atom is -0.497 e. The highest BCUT2D eigenvalue weighted by atomic mass is 32.2. The molecular formula is C14H20N2O7S2. The van der Waals surface area contributed by atoms with E-state index < -0.39 is 38.4 Å². The molecule has 0 aromatic heterocycles. The van der Waals surface area contributed by atoms with Gasteiger partial charge in [0.25, 0.3) is 0 Å². The van der Waals surface area contributed by atoms with Gasteiger partial charge in [0, 0.05) is 12.1 Å². The fourth-order valence-electron chi connectivity index (χ4n) is 2.42. The minimum atomic E-state index is -3.99. The van der Waals surface area contributed by atoms with Gasteiger partial charge in [0.05, 0.1) is 32.3 Å². The highest BCUT2D eigenvalue weighted by molar-refractivity contribution is 7.91. The number of nitrogens with one attached hydrogen (secondary N) is 2. The Morgan fingerprint density at radius 1 is 1.28 bits per heavy atom. The molecule has 9 nitrogen and oxygen atoms in total. The summed E-state index contributed by atoms with van der Waals surface area (Å²) in [5.41, 5.74) is 0. The van der Waals surface area contributed by atoms with Crippen molar-refractivity contribution < 1.29 is 31.1 Å². The summed E-state index contributed by atoms with van der Waals surface area (Å²) >= 11 is 0. The quantitative estimate of drug-likeness (QED) is 0.627. The van der Waals surface area contributed by atoms with E-state index in [4.69, 9.17) is 9.47 Å². The molecule has 1 amide bonds. The molecule has 0 spiro atoms. The number of benzene rings is 1. The van der Waals surface area contributed by atoms with Crippen LogP contribution in [0.25, 0.3) is 0 Å². The number of carbonyl (C=O) groups is 1. The fourth-order valence-corrected chi connectivity index (χ4v) is 5.23. The van der Waals surface area contributed by atoms with Crippen LogP contribution in [0.2, 0.25) is 0 Å². The summed E-state index contributed by atoms with van der Waals surface area (Å²) in [6, 6.07) is 3.69. The van der Waals surface area contributed by atoms with Crippen molar-refractivity contribution in [1.82, 2.24) is 10.0 Å². The number of rotatable bonds is 7. The van der Waals surface area contributed by atoms with Crippen molar-refractivity contribution in [2.75, 3.05) is 32.3 Å². The molecule has 140 valence electrons. The van der Waals surface area contributed by atoms with E-state index in [-0.39, 0.29) is 22.2 Å². The highest BCUT2D eigenvalue weighted by Crippen LogP contribution is 2.28. The summed E-state index contributed by atoms with van der Waals surface area (Å²) in [7, 11) is -4.35. The highest BCUT2D eigenvalue weighted by Gasteiger charge is 2.29. The van der Waals surface area contributed by atoms with Crippen LogP contribution in [0.1, 0.15) is 6.42 Å². The number of methoxy groups -OCH3 is 2. The van der Waals surface area contributed by atoms with Gasteiger partial charge in [-0.2, -0.15) is 0 Å². The van der Waals surface area contributed by atoms with Crippen LogP contribution in [0.3, 0.4) is 0 Å². The van der Waals surface area contributed by atoms with Crippen LogP contribution in [0.5, 0.6) is 11.5 Å². The largest absolute Gasteiger partial charge is 0.497 e. The second-order valence-corrected chi connectivity index (χ2v) is 9.47. The molecule has 0 saturated carbocycles. The van der Waals surface area contributed by atoms with Crippen molar-refractivity contribution in [3.05, 3.63) is 18.2 Å². The zero-order valence-corrected chi connectivity index (χ0v) is 15.4. The van der Waals surface area contributed by atoms with Crippen molar-refractivity contribution in [2.24, 2.45) is 0 Å². The Labute approximate surface area is 146 Å². The van der Waals surface area contributed by atoms with E-state index in [0.29, 0.717) is 12.2 Å². The Kier molecular flexibility index (Phi) is 5.91. The van der Waals surface area contributed by atoms with Gasteiger partial charge in [0.1, 0.15) is 16.4 Å². The van der Waals surface area contributed by atoms with Crippen molar-refractivity contribution in [3.63, 3.8) is 0 Å². The molecule has 1 aliphatic heterocycles. The third-order valence-corrected chi connectivity index (χ3v) is 6.89. The Morgan fingerprint density at radius 3 is 2.56 bits per heavy atom. The van der Waals surface area contributed by atoms with Crippen LogP contribution >= 0.6 is 0 Å². The summed E-state index contributed by atoms with van der Waals surface area (Å²) in [5, 5.41) is 2.51. The molecule has 1 aromatic rings. The molecule has 0 bridgehead atoms. The first kappa shape index (κ1) is 19.5. The third kappa shape index (κ3) is 5.06. The van der Waals surface area contributed by atoms with E-state index in [1.54, 1.807) is 0 Å². The van der Waals surface area contributed by atoms with Crippen molar-refractivity contribution in [1.29, 1.82) is 0 Å². The lowest BCUT2D eigenvalue weighted by molar-refractivity contribution is -0.120. The molecule has 1 fully saturated rings. The van der Waals surface area contributed by atoms with E-state index in [2.05, 4.69) is 10.0 Å². The van der Waals surface area contributed by atoms with Crippen molar-refractivity contribution in [3.8, 4) is 11.5 Å². The third-order valence-electron chi connectivity index (χ3n) is 3.68. The Hall–Kier alpha value is -1.85. The zero-order chi connectivity index (χ0) is 18.7. The van der Waals surface area contributed by atoms with E-state index in [1.807, 2.05) is 0 Å². The first-order chi connectivity index (χ1) is 11.7. The number of hydrogen-bond donors (Lipinski definition) is 2. The number of sulfonamides is 1. The molecule has 2 rings (SSSR count). The van der Waals surface area contributed by atoms with Gasteiger partial charge < -0.3 is 14.8 Å². The minimum absolute atomic E-state index is 0.0206.